The van der Waals surface area contributed by atoms with E-state index in [0.717, 1.165) is 0 Å². The van der Waals surface area contributed by atoms with E-state index in [-0.39, 0.29) is 10.1 Å². The van der Waals surface area contributed by atoms with Gasteiger partial charge >= 0.3 is 16.3 Å². The standard InChI is InChI=1S/C9H7FN2O8S.C3H5F3O/c10-1-21(18,19)20-12-8(15)4-2-3(5(4)9(12)16)7(14)11(17)6(2)13;4-3(5,6)1-2-7/h2-5,17H,1H2;7H,1-2H2. The molecule has 2 N–H and O–H groups in total. The van der Waals surface area contributed by atoms with Crippen LogP contribution in [0.15, 0.2) is 0 Å². The fraction of sp³-hybridized carbons (Fsp3) is 0.667. The summed E-state index contributed by atoms with van der Waals surface area (Å²) in [6, 6.07) is -1.95. The Hall–Kier alpha value is -2.17. The van der Waals surface area contributed by atoms with Crippen LogP contribution in [0, 0.1) is 23.7 Å². The van der Waals surface area contributed by atoms with Gasteiger partial charge in [-0.25, -0.2) is 4.39 Å². The molecule has 0 bridgehead atoms. The minimum atomic E-state index is -4.76. The van der Waals surface area contributed by atoms with Gasteiger partial charge in [0.05, 0.1) is 36.7 Å². The van der Waals surface area contributed by atoms with Crippen molar-refractivity contribution in [3.05, 3.63) is 0 Å². The van der Waals surface area contributed by atoms with Crippen LogP contribution in [0.4, 0.5) is 17.6 Å². The maximum absolute atomic E-state index is 12.2. The smallest absolute Gasteiger partial charge is 0.391 e. The van der Waals surface area contributed by atoms with Crippen LogP contribution in [0.3, 0.4) is 0 Å². The average Bonchev–Trinajstić information content (AvgIpc) is 2.84. The van der Waals surface area contributed by atoms with Crippen LogP contribution in [-0.2, 0) is 33.6 Å². The number of hydrogen-bond donors (Lipinski definition) is 2. The van der Waals surface area contributed by atoms with E-state index in [2.05, 4.69) is 4.28 Å². The lowest BCUT2D eigenvalue weighted by molar-refractivity contribution is -0.174. The number of aliphatic hydroxyl groups excluding tert-OH is 1. The second kappa shape index (κ2) is 7.34. The normalized spacial score (nSPS) is 29.4. The summed E-state index contributed by atoms with van der Waals surface area (Å²) in [5, 5.41) is 16.6. The zero-order valence-electron chi connectivity index (χ0n) is 13.5. The highest BCUT2D eigenvalue weighted by Gasteiger charge is 2.74. The van der Waals surface area contributed by atoms with E-state index in [4.69, 9.17) is 5.11 Å². The molecule has 0 aromatic rings. The van der Waals surface area contributed by atoms with Crippen molar-refractivity contribution in [3.63, 3.8) is 0 Å². The molecule has 4 unspecified atom stereocenters. The number of hydroxylamine groups is 4. The minimum Gasteiger partial charge on any atom is -0.396 e. The highest BCUT2D eigenvalue weighted by atomic mass is 32.2. The first kappa shape index (κ1) is 22.1. The first-order valence-electron chi connectivity index (χ1n) is 7.37. The van der Waals surface area contributed by atoms with Gasteiger partial charge in [0, 0.05) is 0 Å². The average molecular weight is 436 g/mol. The Balaban J connectivity index is 0.000000345. The van der Waals surface area contributed by atoms with Crippen molar-refractivity contribution in [3.8, 4) is 0 Å². The molecule has 4 atom stereocenters. The zero-order valence-corrected chi connectivity index (χ0v) is 14.3. The first-order valence-corrected chi connectivity index (χ1v) is 8.95. The van der Waals surface area contributed by atoms with Gasteiger partial charge < -0.3 is 5.11 Å². The van der Waals surface area contributed by atoms with Crippen LogP contribution in [0.25, 0.3) is 0 Å². The summed E-state index contributed by atoms with van der Waals surface area (Å²) in [5.41, 5.74) is 0. The van der Waals surface area contributed by atoms with Gasteiger partial charge in [-0.05, 0) is 0 Å². The Morgan fingerprint density at radius 2 is 1.32 bits per heavy atom. The van der Waals surface area contributed by atoms with Crippen molar-refractivity contribution in [1.29, 1.82) is 0 Å². The lowest BCUT2D eigenvalue weighted by Crippen LogP contribution is -2.50. The molecule has 1 aliphatic carbocycles. The Morgan fingerprint density at radius 3 is 1.61 bits per heavy atom. The summed E-state index contributed by atoms with van der Waals surface area (Å²) in [7, 11) is -4.76. The van der Waals surface area contributed by atoms with Crippen molar-refractivity contribution in [2.45, 2.75) is 12.6 Å². The number of hydrogen-bond acceptors (Lipinski definition) is 9. The van der Waals surface area contributed by atoms with Crippen molar-refractivity contribution in [1.82, 2.24) is 10.1 Å². The van der Waals surface area contributed by atoms with Gasteiger partial charge in [-0.15, -0.1) is 9.35 Å². The van der Waals surface area contributed by atoms with Gasteiger partial charge in [-0.1, -0.05) is 0 Å². The highest BCUT2D eigenvalue weighted by Crippen LogP contribution is 2.56. The van der Waals surface area contributed by atoms with E-state index in [1.807, 2.05) is 0 Å². The largest absolute Gasteiger partial charge is 0.396 e. The van der Waals surface area contributed by atoms with E-state index in [0.29, 0.717) is 0 Å². The fourth-order valence-corrected chi connectivity index (χ4v) is 3.49. The van der Waals surface area contributed by atoms with Crippen molar-refractivity contribution in [2.24, 2.45) is 23.7 Å². The molecule has 158 valence electrons. The molecule has 3 rings (SSSR count). The molecule has 2 aliphatic heterocycles. The number of alkyl halides is 4. The lowest BCUT2D eigenvalue weighted by Gasteiger charge is -2.35. The van der Waals surface area contributed by atoms with Crippen LogP contribution in [0.5, 0.6) is 0 Å². The molecule has 0 radical (unpaired) electrons. The maximum atomic E-state index is 12.2. The summed E-state index contributed by atoms with van der Waals surface area (Å²) >= 11 is 0. The molecular weight excluding hydrogens is 424 g/mol. The minimum absolute atomic E-state index is 0.134. The number of carbonyl (C=O) groups is 4. The predicted octanol–water partition coefficient (Wildman–Crippen LogP) is -1.29. The van der Waals surface area contributed by atoms with Gasteiger partial charge in [-0.3, -0.25) is 24.4 Å². The quantitative estimate of drug-likeness (QED) is 0.311. The lowest BCUT2D eigenvalue weighted by atomic mass is 9.59. The van der Waals surface area contributed by atoms with Crippen LogP contribution < -0.4 is 0 Å². The second-order valence-electron chi connectivity index (χ2n) is 5.89. The van der Waals surface area contributed by atoms with Crippen LogP contribution in [0.1, 0.15) is 6.42 Å². The summed E-state index contributed by atoms with van der Waals surface area (Å²) in [6.45, 7) is -0.816. The molecule has 16 heteroatoms. The summed E-state index contributed by atoms with van der Waals surface area (Å²) in [6.07, 6.45) is -5.30. The Bertz CT molecular complexity index is 774. The van der Waals surface area contributed by atoms with E-state index in [9.17, 15) is 50.4 Å². The van der Waals surface area contributed by atoms with Crippen LogP contribution in [0.2, 0.25) is 0 Å². The van der Waals surface area contributed by atoms with Crippen LogP contribution in [-0.4, -0.2) is 71.3 Å². The molecule has 11 nitrogen and oxygen atoms in total. The molecule has 1 saturated carbocycles. The van der Waals surface area contributed by atoms with E-state index >= 15 is 0 Å². The number of rotatable bonds is 4. The second-order valence-corrected chi connectivity index (χ2v) is 7.38. The Morgan fingerprint density at radius 1 is 0.929 bits per heavy atom. The summed E-state index contributed by atoms with van der Waals surface area (Å²) in [4.78, 5) is 47.0. The topological polar surface area (TPSA) is 159 Å². The molecule has 3 aliphatic rings. The van der Waals surface area contributed by atoms with Crippen LogP contribution >= 0.6 is 0 Å². The molecule has 0 spiro atoms. The van der Waals surface area contributed by atoms with E-state index in [1.54, 1.807) is 0 Å². The van der Waals surface area contributed by atoms with Gasteiger partial charge in [0.2, 0.25) is 6.01 Å². The molecule has 2 saturated heterocycles. The van der Waals surface area contributed by atoms with E-state index in [1.165, 1.54) is 0 Å². The van der Waals surface area contributed by atoms with Gasteiger partial charge in [-0.2, -0.15) is 26.7 Å². The molecule has 2 heterocycles. The first-order chi connectivity index (χ1) is 12.8. The molecular formula is C12H12F4N2O9S. The van der Waals surface area contributed by atoms with Crippen molar-refractivity contribution >= 4 is 33.7 Å². The highest BCUT2D eigenvalue weighted by molar-refractivity contribution is 7.86. The monoisotopic (exact) mass is 436 g/mol. The summed E-state index contributed by atoms with van der Waals surface area (Å²) < 4.78 is 70.9. The third kappa shape index (κ3) is 3.71. The van der Waals surface area contributed by atoms with Gasteiger partial charge in [0.25, 0.3) is 23.6 Å². The third-order valence-corrected chi connectivity index (χ3v) is 4.87. The molecule has 0 aromatic heterocycles. The number of halogens is 4. The van der Waals surface area contributed by atoms with Crippen molar-refractivity contribution < 1.29 is 59.8 Å². The Labute approximate surface area is 153 Å². The number of carbonyl (C=O) groups excluding carboxylic acids is 4. The Kier molecular flexibility index (Phi) is 5.80. The van der Waals surface area contributed by atoms with Gasteiger partial charge in [0.1, 0.15) is 0 Å². The maximum Gasteiger partial charge on any atom is 0.391 e. The number of fused-ring (bicyclic) bond motifs is 4. The van der Waals surface area contributed by atoms with Gasteiger partial charge in [0.15, 0.2) is 0 Å². The molecule has 28 heavy (non-hydrogen) atoms. The third-order valence-electron chi connectivity index (χ3n) is 4.22. The number of nitrogens with zero attached hydrogens (tertiary/aromatic N) is 2. The zero-order chi connectivity index (χ0) is 21.6. The van der Waals surface area contributed by atoms with E-state index < -0.39 is 82.6 Å². The molecule has 0 aromatic carbocycles. The number of amides is 4. The van der Waals surface area contributed by atoms with Crippen molar-refractivity contribution in [2.75, 3.05) is 12.6 Å². The fourth-order valence-electron chi connectivity index (χ4n) is 3.08. The number of imide groups is 2. The SMILES string of the molecule is O=C1C2C(C(=O)N1O)C1C(=O)N(OS(=O)(=O)CF)C(=O)C21.OCCC(F)(F)F. The molecule has 3 fully saturated rings. The molecule has 4 amide bonds. The predicted molar refractivity (Wildman–Crippen MR) is 73.2 cm³/mol. The number of aliphatic hydroxyl groups is 1. The summed E-state index contributed by atoms with van der Waals surface area (Å²) in [5.74, 6) is -9.42.